The third kappa shape index (κ3) is 3.48. The Kier molecular flexibility index (Phi) is 4.39. The van der Waals surface area contributed by atoms with Crippen molar-refractivity contribution in [2.75, 3.05) is 0 Å². The minimum absolute atomic E-state index is 0.100. The highest BCUT2D eigenvalue weighted by atomic mass is 32.1. The van der Waals surface area contributed by atoms with Crippen molar-refractivity contribution in [3.8, 4) is 5.69 Å². The van der Waals surface area contributed by atoms with Crippen molar-refractivity contribution in [3.63, 3.8) is 0 Å². The molecule has 0 aliphatic rings. The Labute approximate surface area is 144 Å². The molecule has 0 radical (unpaired) electrons. The minimum Gasteiger partial charge on any atom is -0.328 e. The molecule has 8 heteroatoms. The second-order valence-electron chi connectivity index (χ2n) is 6.35. The number of aromatic nitrogens is 5. The van der Waals surface area contributed by atoms with Crippen LogP contribution in [0, 0.1) is 0 Å². The van der Waals surface area contributed by atoms with Gasteiger partial charge in [0, 0.05) is 12.1 Å². The van der Waals surface area contributed by atoms with Gasteiger partial charge in [0.1, 0.15) is 12.0 Å². The van der Waals surface area contributed by atoms with Crippen LogP contribution in [-0.4, -0.2) is 41.5 Å². The molecule has 7 nitrogen and oxygen atoms in total. The molecule has 3 heterocycles. The number of hydrogen-bond donors (Lipinski definition) is 0. The lowest BCUT2D eigenvalue weighted by molar-refractivity contribution is 0.0553. The van der Waals surface area contributed by atoms with Crippen LogP contribution < -0.4 is 0 Å². The van der Waals surface area contributed by atoms with Gasteiger partial charge in [-0.15, -0.1) is 5.10 Å². The minimum atomic E-state index is -0.310. The molecule has 0 spiro atoms. The van der Waals surface area contributed by atoms with Crippen LogP contribution >= 0.6 is 11.3 Å². The van der Waals surface area contributed by atoms with E-state index in [1.807, 2.05) is 37.1 Å². The Morgan fingerprint density at radius 1 is 1.29 bits per heavy atom. The average Bonchev–Trinajstić information content (AvgIpc) is 3.24. The van der Waals surface area contributed by atoms with Crippen molar-refractivity contribution in [1.29, 1.82) is 0 Å². The highest BCUT2D eigenvalue weighted by molar-refractivity contribution is 7.07. The molecule has 1 amide bonds. The third-order valence-corrected chi connectivity index (χ3v) is 4.29. The van der Waals surface area contributed by atoms with Gasteiger partial charge < -0.3 is 4.90 Å². The maximum absolute atomic E-state index is 12.9. The molecule has 0 unspecified atom stereocenters. The number of rotatable bonds is 4. The third-order valence-electron chi connectivity index (χ3n) is 3.56. The predicted octanol–water partition coefficient (Wildman–Crippen LogP) is 2.56. The van der Waals surface area contributed by atoms with Crippen LogP contribution in [0.1, 0.15) is 36.8 Å². The van der Waals surface area contributed by atoms with E-state index in [1.165, 1.54) is 11.0 Å². The monoisotopic (exact) mass is 342 g/mol. The van der Waals surface area contributed by atoms with Gasteiger partial charge in [0.05, 0.1) is 11.9 Å². The summed E-state index contributed by atoms with van der Waals surface area (Å²) in [6.07, 6.45) is 3.07. The summed E-state index contributed by atoms with van der Waals surface area (Å²) >= 11 is 1.63. The van der Waals surface area contributed by atoms with Crippen molar-refractivity contribution in [2.24, 2.45) is 0 Å². The van der Waals surface area contributed by atoms with Gasteiger partial charge in [-0.05, 0) is 65.7 Å². The normalized spacial score (nSPS) is 11.5. The van der Waals surface area contributed by atoms with Gasteiger partial charge in [-0.2, -0.15) is 16.0 Å². The number of carbonyl (C=O) groups is 1. The van der Waals surface area contributed by atoms with Crippen LogP contribution in [0.25, 0.3) is 5.69 Å². The molecule has 0 N–H and O–H groups in total. The molecule has 0 atom stereocenters. The van der Waals surface area contributed by atoms with Crippen molar-refractivity contribution in [3.05, 3.63) is 52.7 Å². The summed E-state index contributed by atoms with van der Waals surface area (Å²) in [7, 11) is 0. The Morgan fingerprint density at radius 3 is 2.67 bits per heavy atom. The fraction of sp³-hybridized carbons (Fsp3) is 0.312. The number of tetrazole rings is 1. The number of pyridine rings is 1. The second kappa shape index (κ2) is 6.48. The molecule has 0 bridgehead atoms. The summed E-state index contributed by atoms with van der Waals surface area (Å²) in [4.78, 5) is 19.1. The van der Waals surface area contributed by atoms with E-state index in [0.717, 1.165) is 5.56 Å². The first-order chi connectivity index (χ1) is 11.4. The first-order valence-electron chi connectivity index (χ1n) is 7.47. The Balaban J connectivity index is 1.84. The smallest absolute Gasteiger partial charge is 0.273 e. The standard InChI is InChI=1S/C16H18N6OS/c1-16(2,3)21(9-12-6-7-24-10-12)15(23)14-5-4-13(8-17-14)22-11-18-19-20-22/h4-8,10-11H,9H2,1-3H3. The van der Waals surface area contributed by atoms with Crippen LogP contribution in [-0.2, 0) is 6.54 Å². The zero-order valence-electron chi connectivity index (χ0n) is 13.7. The van der Waals surface area contributed by atoms with Gasteiger partial charge in [0.15, 0.2) is 0 Å². The van der Waals surface area contributed by atoms with Gasteiger partial charge in [0.2, 0.25) is 0 Å². The zero-order valence-corrected chi connectivity index (χ0v) is 14.6. The van der Waals surface area contributed by atoms with Crippen LogP contribution in [0.2, 0.25) is 0 Å². The van der Waals surface area contributed by atoms with Gasteiger partial charge >= 0.3 is 0 Å². The van der Waals surface area contributed by atoms with E-state index in [9.17, 15) is 4.79 Å². The lowest BCUT2D eigenvalue weighted by Gasteiger charge is -2.35. The number of thiophene rings is 1. The average molecular weight is 342 g/mol. The van der Waals surface area contributed by atoms with Gasteiger partial charge in [-0.3, -0.25) is 4.79 Å². The summed E-state index contributed by atoms with van der Waals surface area (Å²) < 4.78 is 1.49. The van der Waals surface area contributed by atoms with Crippen LogP contribution in [0.4, 0.5) is 0 Å². The van der Waals surface area contributed by atoms with E-state index in [2.05, 4.69) is 25.9 Å². The molecule has 24 heavy (non-hydrogen) atoms. The van der Waals surface area contributed by atoms with E-state index in [4.69, 9.17) is 0 Å². The summed E-state index contributed by atoms with van der Waals surface area (Å²) in [5, 5.41) is 15.1. The van der Waals surface area contributed by atoms with Crippen molar-refractivity contribution in [2.45, 2.75) is 32.9 Å². The fourth-order valence-corrected chi connectivity index (χ4v) is 2.90. The molecule has 0 saturated heterocycles. The van der Waals surface area contributed by atoms with Gasteiger partial charge in [-0.1, -0.05) is 0 Å². The van der Waals surface area contributed by atoms with Crippen LogP contribution in [0.5, 0.6) is 0 Å². The van der Waals surface area contributed by atoms with Crippen LogP contribution in [0.3, 0.4) is 0 Å². The largest absolute Gasteiger partial charge is 0.328 e. The maximum atomic E-state index is 12.9. The molecule has 0 saturated carbocycles. The second-order valence-corrected chi connectivity index (χ2v) is 7.13. The summed E-state index contributed by atoms with van der Waals surface area (Å²) in [5.41, 5.74) is 1.91. The summed E-state index contributed by atoms with van der Waals surface area (Å²) in [6.45, 7) is 6.62. The number of nitrogens with zero attached hydrogens (tertiary/aromatic N) is 6. The topological polar surface area (TPSA) is 76.8 Å². The van der Waals surface area contributed by atoms with E-state index in [1.54, 1.807) is 29.7 Å². The number of hydrogen-bond acceptors (Lipinski definition) is 6. The quantitative estimate of drug-likeness (QED) is 0.728. The predicted molar refractivity (Wildman–Crippen MR) is 90.9 cm³/mol. The lowest BCUT2D eigenvalue weighted by atomic mass is 10.0. The van der Waals surface area contributed by atoms with Gasteiger partial charge in [-0.25, -0.2) is 4.98 Å². The molecule has 124 valence electrons. The zero-order chi connectivity index (χ0) is 17.2. The van der Waals surface area contributed by atoms with E-state index in [-0.39, 0.29) is 11.4 Å². The molecule has 3 aromatic heterocycles. The molecule has 0 aromatic carbocycles. The van der Waals surface area contributed by atoms with Gasteiger partial charge in [0.25, 0.3) is 5.91 Å². The van der Waals surface area contributed by atoms with E-state index >= 15 is 0 Å². The Hall–Kier alpha value is -2.61. The lowest BCUT2D eigenvalue weighted by Crippen LogP contribution is -2.45. The fourth-order valence-electron chi connectivity index (χ4n) is 2.24. The molecule has 3 aromatic rings. The molecule has 0 fully saturated rings. The molecule has 0 aliphatic heterocycles. The molecular weight excluding hydrogens is 324 g/mol. The SMILES string of the molecule is CC(C)(C)N(Cc1ccsc1)C(=O)c1ccc(-n2cnnn2)cn1. The number of amides is 1. The van der Waals surface area contributed by atoms with E-state index < -0.39 is 0 Å². The summed E-state index contributed by atoms with van der Waals surface area (Å²) in [5.74, 6) is -0.100. The van der Waals surface area contributed by atoms with Crippen molar-refractivity contribution >= 4 is 17.2 Å². The van der Waals surface area contributed by atoms with Crippen LogP contribution in [0.15, 0.2) is 41.5 Å². The first-order valence-corrected chi connectivity index (χ1v) is 8.42. The molecule has 3 rings (SSSR count). The van der Waals surface area contributed by atoms with Crippen molar-refractivity contribution in [1.82, 2.24) is 30.1 Å². The summed E-state index contributed by atoms with van der Waals surface area (Å²) in [6, 6.07) is 5.51. The Morgan fingerprint density at radius 2 is 2.12 bits per heavy atom. The Bertz CT molecular complexity index is 790. The molecular formula is C16H18N6OS. The first kappa shape index (κ1) is 16.3. The van der Waals surface area contributed by atoms with E-state index in [0.29, 0.717) is 17.9 Å². The van der Waals surface area contributed by atoms with Crippen molar-refractivity contribution < 1.29 is 4.79 Å². The highest BCUT2D eigenvalue weighted by Crippen LogP contribution is 2.21. The number of carbonyl (C=O) groups excluding carboxylic acids is 1. The molecule has 0 aliphatic carbocycles. The highest BCUT2D eigenvalue weighted by Gasteiger charge is 2.28. The maximum Gasteiger partial charge on any atom is 0.273 e.